The largest absolute Gasteiger partial charge is 0.387 e. The first-order chi connectivity index (χ1) is 6.29. The van der Waals surface area contributed by atoms with Crippen molar-refractivity contribution in [3.63, 3.8) is 0 Å². The van der Waals surface area contributed by atoms with E-state index in [1.54, 1.807) is 0 Å². The summed E-state index contributed by atoms with van der Waals surface area (Å²) in [5, 5.41) is 19.3. The number of hydrogen-bond acceptors (Lipinski definition) is 3. The van der Waals surface area contributed by atoms with Crippen LogP contribution < -0.4 is 0 Å². The molecule has 3 nitrogen and oxygen atoms in total. The van der Waals surface area contributed by atoms with E-state index in [-0.39, 0.29) is 12.2 Å². The predicted octanol–water partition coefficient (Wildman–Crippen LogP) is 0.534. The number of benzene rings is 1. The Kier molecular flexibility index (Phi) is 1.34. The summed E-state index contributed by atoms with van der Waals surface area (Å²) in [7, 11) is 0. The van der Waals surface area contributed by atoms with Crippen molar-refractivity contribution in [1.82, 2.24) is 0 Å². The predicted molar refractivity (Wildman–Crippen MR) is 45.0 cm³/mol. The Balaban J connectivity index is 2.14. The lowest BCUT2D eigenvalue weighted by atomic mass is 9.88. The third kappa shape index (κ3) is 0.892. The summed E-state index contributed by atoms with van der Waals surface area (Å²) in [5.41, 5.74) is 1.82. The molecular weight excluding hydrogens is 168 g/mol. The lowest BCUT2D eigenvalue weighted by Crippen LogP contribution is -2.28. The molecule has 0 spiro atoms. The van der Waals surface area contributed by atoms with Crippen LogP contribution in [0.15, 0.2) is 24.3 Å². The second kappa shape index (κ2) is 2.32. The Morgan fingerprint density at radius 1 is 1.08 bits per heavy atom. The second-order valence-corrected chi connectivity index (χ2v) is 3.59. The molecule has 0 amide bonds. The summed E-state index contributed by atoms with van der Waals surface area (Å²) in [6, 6.07) is 7.55. The highest BCUT2D eigenvalue weighted by Gasteiger charge is 2.53. The first kappa shape index (κ1) is 7.50. The zero-order valence-electron chi connectivity index (χ0n) is 6.92. The minimum Gasteiger partial charge on any atom is -0.387 e. The number of ether oxygens (including phenoxy) is 1. The van der Waals surface area contributed by atoms with Gasteiger partial charge in [-0.1, -0.05) is 24.3 Å². The first-order valence-corrected chi connectivity index (χ1v) is 4.39. The van der Waals surface area contributed by atoms with Gasteiger partial charge in [0.1, 0.15) is 24.4 Å². The average Bonchev–Trinajstić information content (AvgIpc) is 2.94. The maximum Gasteiger partial charge on any atom is 0.118 e. The number of epoxide rings is 1. The molecule has 2 N–H and O–H groups in total. The number of aliphatic hydroxyl groups is 2. The number of fused-ring (bicyclic) bond motifs is 3. The van der Waals surface area contributed by atoms with Crippen molar-refractivity contribution in [2.75, 3.05) is 0 Å². The van der Waals surface area contributed by atoms with Gasteiger partial charge in [0.25, 0.3) is 0 Å². The van der Waals surface area contributed by atoms with Gasteiger partial charge < -0.3 is 14.9 Å². The molecule has 13 heavy (non-hydrogen) atoms. The monoisotopic (exact) mass is 178 g/mol. The van der Waals surface area contributed by atoms with E-state index in [9.17, 15) is 10.2 Å². The smallest absolute Gasteiger partial charge is 0.118 e. The SMILES string of the molecule is O[C@@H]1[C@H]2O[C@@H]2c2ccccc2[C@H]1O. The van der Waals surface area contributed by atoms with Gasteiger partial charge in [-0.15, -0.1) is 0 Å². The molecule has 1 aromatic carbocycles. The summed E-state index contributed by atoms with van der Waals surface area (Å²) in [4.78, 5) is 0. The van der Waals surface area contributed by atoms with Gasteiger partial charge in [0.05, 0.1) is 0 Å². The normalized spacial score (nSPS) is 40.8. The van der Waals surface area contributed by atoms with Gasteiger partial charge in [0, 0.05) is 0 Å². The number of aliphatic hydroxyl groups excluding tert-OH is 2. The Morgan fingerprint density at radius 2 is 1.77 bits per heavy atom. The van der Waals surface area contributed by atoms with E-state index in [1.807, 2.05) is 24.3 Å². The van der Waals surface area contributed by atoms with Gasteiger partial charge >= 0.3 is 0 Å². The fraction of sp³-hybridized carbons (Fsp3) is 0.400. The van der Waals surface area contributed by atoms with Crippen molar-refractivity contribution in [3.8, 4) is 0 Å². The molecular formula is C10H10O3. The van der Waals surface area contributed by atoms with Gasteiger partial charge in [0.2, 0.25) is 0 Å². The minimum absolute atomic E-state index is 0.00889. The van der Waals surface area contributed by atoms with Crippen LogP contribution in [0.2, 0.25) is 0 Å². The van der Waals surface area contributed by atoms with E-state index in [1.165, 1.54) is 0 Å². The van der Waals surface area contributed by atoms with E-state index in [4.69, 9.17) is 4.74 Å². The minimum atomic E-state index is -0.792. The van der Waals surface area contributed by atoms with Crippen molar-refractivity contribution in [1.29, 1.82) is 0 Å². The van der Waals surface area contributed by atoms with Gasteiger partial charge in [-0.3, -0.25) is 0 Å². The molecule has 1 saturated heterocycles. The fourth-order valence-corrected chi connectivity index (χ4v) is 2.04. The van der Waals surface area contributed by atoms with Gasteiger partial charge in [0.15, 0.2) is 0 Å². The van der Waals surface area contributed by atoms with E-state index >= 15 is 0 Å². The van der Waals surface area contributed by atoms with Crippen LogP contribution >= 0.6 is 0 Å². The molecule has 1 aliphatic carbocycles. The molecule has 0 saturated carbocycles. The van der Waals surface area contributed by atoms with Crippen LogP contribution in [0.5, 0.6) is 0 Å². The van der Waals surface area contributed by atoms with Crippen molar-refractivity contribution < 1.29 is 14.9 Å². The highest BCUT2D eigenvalue weighted by atomic mass is 16.6. The van der Waals surface area contributed by atoms with Crippen molar-refractivity contribution in [2.24, 2.45) is 0 Å². The molecule has 0 unspecified atom stereocenters. The van der Waals surface area contributed by atoms with Crippen molar-refractivity contribution >= 4 is 0 Å². The quantitative estimate of drug-likeness (QED) is 0.570. The van der Waals surface area contributed by atoms with Gasteiger partial charge in [-0.2, -0.15) is 0 Å². The molecule has 3 rings (SSSR count). The van der Waals surface area contributed by atoms with Crippen LogP contribution in [0.1, 0.15) is 23.3 Å². The van der Waals surface area contributed by atoms with E-state index < -0.39 is 12.2 Å². The zero-order valence-corrected chi connectivity index (χ0v) is 6.92. The van der Waals surface area contributed by atoms with Crippen LogP contribution in [-0.4, -0.2) is 22.4 Å². The average molecular weight is 178 g/mol. The van der Waals surface area contributed by atoms with Gasteiger partial charge in [-0.25, -0.2) is 0 Å². The molecule has 1 fully saturated rings. The van der Waals surface area contributed by atoms with Crippen LogP contribution in [0, 0.1) is 0 Å². The van der Waals surface area contributed by atoms with E-state index in [0.29, 0.717) is 0 Å². The van der Waals surface area contributed by atoms with E-state index in [2.05, 4.69) is 0 Å². The maximum atomic E-state index is 9.70. The summed E-state index contributed by atoms with van der Waals surface area (Å²) in [6.07, 6.45) is -1.74. The molecule has 3 heteroatoms. The Hall–Kier alpha value is -0.900. The Labute approximate surface area is 75.6 Å². The van der Waals surface area contributed by atoms with Gasteiger partial charge in [-0.05, 0) is 11.1 Å². The van der Waals surface area contributed by atoms with Crippen LogP contribution in [-0.2, 0) is 4.74 Å². The van der Waals surface area contributed by atoms with Crippen molar-refractivity contribution in [2.45, 2.75) is 24.4 Å². The molecule has 0 radical (unpaired) electrons. The Morgan fingerprint density at radius 3 is 2.54 bits per heavy atom. The molecule has 68 valence electrons. The molecule has 1 aromatic rings. The highest BCUT2D eigenvalue weighted by molar-refractivity contribution is 5.38. The fourth-order valence-electron chi connectivity index (χ4n) is 2.04. The first-order valence-electron chi connectivity index (χ1n) is 4.39. The summed E-state index contributed by atoms with van der Waals surface area (Å²) < 4.78 is 5.28. The third-order valence-electron chi connectivity index (χ3n) is 2.81. The Bertz CT molecular complexity index is 350. The van der Waals surface area contributed by atoms with Crippen LogP contribution in [0.25, 0.3) is 0 Å². The molecule has 2 aliphatic rings. The maximum absolute atomic E-state index is 9.70. The molecule has 4 atom stereocenters. The zero-order chi connectivity index (χ0) is 9.00. The third-order valence-corrected chi connectivity index (χ3v) is 2.81. The topological polar surface area (TPSA) is 53.0 Å². The standard InChI is InChI=1S/C10H10O3/c11-7-5-3-1-2-4-6(5)9-10(13-9)8(7)12/h1-4,7-12H/t7-,8+,9-,10-/m1/s1. The highest BCUT2D eigenvalue weighted by Crippen LogP contribution is 2.50. The molecule has 0 bridgehead atoms. The summed E-state index contributed by atoms with van der Waals surface area (Å²) in [5.74, 6) is 0. The molecule has 1 aliphatic heterocycles. The summed E-state index contributed by atoms with van der Waals surface area (Å²) in [6.45, 7) is 0. The second-order valence-electron chi connectivity index (χ2n) is 3.59. The number of hydrogen-bond donors (Lipinski definition) is 2. The number of rotatable bonds is 0. The lowest BCUT2D eigenvalue weighted by molar-refractivity contribution is -0.00000488. The van der Waals surface area contributed by atoms with Crippen molar-refractivity contribution in [3.05, 3.63) is 35.4 Å². The summed E-state index contributed by atoms with van der Waals surface area (Å²) >= 11 is 0. The molecule has 0 aromatic heterocycles. The van der Waals surface area contributed by atoms with Crippen LogP contribution in [0.3, 0.4) is 0 Å². The van der Waals surface area contributed by atoms with E-state index in [0.717, 1.165) is 11.1 Å². The molecule has 1 heterocycles. The van der Waals surface area contributed by atoms with Crippen LogP contribution in [0.4, 0.5) is 0 Å². The lowest BCUT2D eigenvalue weighted by Gasteiger charge is -2.22.